The summed E-state index contributed by atoms with van der Waals surface area (Å²) in [5, 5.41) is 28.0. The molecule has 0 fully saturated rings. The first-order chi connectivity index (χ1) is 9.60. The van der Waals surface area contributed by atoms with E-state index in [4.69, 9.17) is 0 Å². The number of aliphatic hydroxyl groups excluding tert-OH is 1. The molecule has 0 aliphatic heterocycles. The molecule has 1 aromatic carbocycles. The van der Waals surface area contributed by atoms with Crippen molar-refractivity contribution >= 4 is 5.69 Å². The molecule has 20 heavy (non-hydrogen) atoms. The second kappa shape index (κ2) is 6.25. The van der Waals surface area contributed by atoms with Crippen molar-refractivity contribution in [3.63, 3.8) is 0 Å². The Morgan fingerprint density at radius 1 is 1.40 bits per heavy atom. The highest BCUT2D eigenvalue weighted by Gasteiger charge is 2.09. The van der Waals surface area contributed by atoms with Crippen molar-refractivity contribution in [2.45, 2.75) is 32.4 Å². The van der Waals surface area contributed by atoms with Crippen LogP contribution in [0.1, 0.15) is 30.7 Å². The van der Waals surface area contributed by atoms with Crippen molar-refractivity contribution in [1.82, 2.24) is 15.0 Å². The van der Waals surface area contributed by atoms with E-state index in [1.165, 1.54) is 12.1 Å². The van der Waals surface area contributed by atoms with Gasteiger partial charge in [-0.2, -0.15) is 0 Å². The zero-order valence-electron chi connectivity index (χ0n) is 11.1. The van der Waals surface area contributed by atoms with E-state index in [1.54, 1.807) is 23.0 Å². The van der Waals surface area contributed by atoms with Gasteiger partial charge >= 0.3 is 0 Å². The van der Waals surface area contributed by atoms with Crippen molar-refractivity contribution in [3.8, 4) is 0 Å². The fourth-order valence-corrected chi connectivity index (χ4v) is 1.81. The van der Waals surface area contributed by atoms with Crippen LogP contribution in [0.5, 0.6) is 0 Å². The first kappa shape index (κ1) is 14.1. The summed E-state index contributed by atoms with van der Waals surface area (Å²) in [5.74, 6) is 0. The quantitative estimate of drug-likeness (QED) is 0.642. The summed E-state index contributed by atoms with van der Waals surface area (Å²) in [5.41, 5.74) is 1.64. The molecule has 7 heteroatoms. The summed E-state index contributed by atoms with van der Waals surface area (Å²) in [7, 11) is 0. The van der Waals surface area contributed by atoms with Gasteiger partial charge in [0, 0.05) is 18.7 Å². The molecular formula is C13H16N4O3. The van der Waals surface area contributed by atoms with E-state index in [0.29, 0.717) is 25.1 Å². The zero-order valence-corrected chi connectivity index (χ0v) is 11.1. The number of hydrogen-bond donors (Lipinski definition) is 1. The van der Waals surface area contributed by atoms with Crippen LogP contribution in [0.25, 0.3) is 0 Å². The molecule has 0 aliphatic rings. The average Bonchev–Trinajstić information content (AvgIpc) is 2.93. The Morgan fingerprint density at radius 3 is 2.70 bits per heavy atom. The third-order valence-corrected chi connectivity index (χ3v) is 3.06. The standard InChI is InChI=1S/C13H16N4O3/c1-2-13(18)12-9-16(15-14-12)8-7-10-3-5-11(6-4-10)17(19)20/h3-6,9,13,18H,2,7-8H2,1H3. The lowest BCUT2D eigenvalue weighted by Gasteiger charge is -2.02. The summed E-state index contributed by atoms with van der Waals surface area (Å²) in [4.78, 5) is 10.1. The van der Waals surface area contributed by atoms with Crippen molar-refractivity contribution in [1.29, 1.82) is 0 Å². The molecule has 0 bridgehead atoms. The minimum Gasteiger partial charge on any atom is -0.387 e. The Kier molecular flexibility index (Phi) is 4.41. The second-order valence-corrected chi connectivity index (χ2v) is 4.50. The molecule has 0 saturated heterocycles. The van der Waals surface area contributed by atoms with Crippen LogP contribution in [0, 0.1) is 10.1 Å². The highest BCUT2D eigenvalue weighted by Crippen LogP contribution is 2.14. The van der Waals surface area contributed by atoms with Gasteiger partial charge in [-0.15, -0.1) is 5.10 Å². The molecule has 0 radical (unpaired) electrons. The lowest BCUT2D eigenvalue weighted by molar-refractivity contribution is -0.384. The molecule has 1 heterocycles. The van der Waals surface area contributed by atoms with Crippen LogP contribution in [0.3, 0.4) is 0 Å². The third kappa shape index (κ3) is 3.39. The van der Waals surface area contributed by atoms with E-state index >= 15 is 0 Å². The van der Waals surface area contributed by atoms with E-state index in [9.17, 15) is 15.2 Å². The molecule has 0 saturated carbocycles. The normalized spacial score (nSPS) is 12.3. The number of benzene rings is 1. The summed E-state index contributed by atoms with van der Waals surface area (Å²) < 4.78 is 1.66. The average molecular weight is 276 g/mol. The topological polar surface area (TPSA) is 94.1 Å². The summed E-state index contributed by atoms with van der Waals surface area (Å²) in [6, 6.07) is 6.44. The lowest BCUT2D eigenvalue weighted by atomic mass is 10.1. The fourth-order valence-electron chi connectivity index (χ4n) is 1.81. The van der Waals surface area contributed by atoms with Gasteiger partial charge in [0.1, 0.15) is 5.69 Å². The number of nitrogens with zero attached hydrogens (tertiary/aromatic N) is 4. The number of rotatable bonds is 6. The third-order valence-electron chi connectivity index (χ3n) is 3.06. The van der Waals surface area contributed by atoms with Crippen LogP contribution < -0.4 is 0 Å². The summed E-state index contributed by atoms with van der Waals surface area (Å²) >= 11 is 0. The molecule has 7 nitrogen and oxygen atoms in total. The molecule has 1 N–H and O–H groups in total. The Morgan fingerprint density at radius 2 is 2.10 bits per heavy atom. The zero-order chi connectivity index (χ0) is 14.5. The molecule has 106 valence electrons. The van der Waals surface area contributed by atoms with Gasteiger partial charge in [-0.25, -0.2) is 0 Å². The first-order valence-electron chi connectivity index (χ1n) is 6.41. The van der Waals surface area contributed by atoms with E-state index in [-0.39, 0.29) is 5.69 Å². The molecule has 0 aliphatic carbocycles. The molecule has 2 aromatic rings. The predicted octanol–water partition coefficient (Wildman–Crippen LogP) is 1.87. The maximum atomic E-state index is 10.5. The highest BCUT2D eigenvalue weighted by molar-refractivity contribution is 5.32. The summed E-state index contributed by atoms with van der Waals surface area (Å²) in [6.07, 6.45) is 2.44. The van der Waals surface area contributed by atoms with Crippen LogP contribution in [0.4, 0.5) is 5.69 Å². The van der Waals surface area contributed by atoms with Gasteiger partial charge in [-0.3, -0.25) is 14.8 Å². The molecule has 1 unspecified atom stereocenters. The van der Waals surface area contributed by atoms with Gasteiger partial charge in [0.15, 0.2) is 0 Å². The lowest BCUT2D eigenvalue weighted by Crippen LogP contribution is -2.02. The number of aliphatic hydroxyl groups is 1. The maximum Gasteiger partial charge on any atom is 0.269 e. The van der Waals surface area contributed by atoms with Crippen LogP contribution in [0.2, 0.25) is 0 Å². The number of aryl methyl sites for hydroxylation is 2. The van der Waals surface area contributed by atoms with E-state index in [1.807, 2.05) is 6.92 Å². The minimum atomic E-state index is -0.580. The van der Waals surface area contributed by atoms with Crippen molar-refractivity contribution in [3.05, 3.63) is 51.8 Å². The number of nitro groups is 1. The fraction of sp³-hybridized carbons (Fsp3) is 0.385. The smallest absolute Gasteiger partial charge is 0.269 e. The van der Waals surface area contributed by atoms with E-state index in [2.05, 4.69) is 10.3 Å². The molecule has 1 aromatic heterocycles. The van der Waals surface area contributed by atoms with Crippen LogP contribution in [0.15, 0.2) is 30.5 Å². The number of hydrogen-bond acceptors (Lipinski definition) is 5. The van der Waals surface area contributed by atoms with Crippen molar-refractivity contribution in [2.75, 3.05) is 0 Å². The van der Waals surface area contributed by atoms with E-state index < -0.39 is 11.0 Å². The van der Waals surface area contributed by atoms with Crippen LogP contribution >= 0.6 is 0 Å². The van der Waals surface area contributed by atoms with Gasteiger partial charge < -0.3 is 5.11 Å². The predicted molar refractivity (Wildman–Crippen MR) is 72.1 cm³/mol. The number of aromatic nitrogens is 3. The molecule has 0 amide bonds. The first-order valence-corrected chi connectivity index (χ1v) is 6.41. The number of nitro benzene ring substituents is 1. The van der Waals surface area contributed by atoms with Gasteiger partial charge in [-0.05, 0) is 18.4 Å². The molecular weight excluding hydrogens is 260 g/mol. The van der Waals surface area contributed by atoms with Gasteiger partial charge in [0.2, 0.25) is 0 Å². The Hall–Kier alpha value is -2.28. The minimum absolute atomic E-state index is 0.0860. The van der Waals surface area contributed by atoms with Gasteiger partial charge in [0.05, 0.1) is 17.2 Å². The molecule has 0 spiro atoms. The Bertz CT molecular complexity index is 580. The number of non-ortho nitro benzene ring substituents is 1. The van der Waals surface area contributed by atoms with E-state index in [0.717, 1.165) is 5.56 Å². The second-order valence-electron chi connectivity index (χ2n) is 4.50. The molecule has 2 rings (SSSR count). The maximum absolute atomic E-state index is 10.5. The van der Waals surface area contributed by atoms with Gasteiger partial charge in [0.25, 0.3) is 5.69 Å². The largest absolute Gasteiger partial charge is 0.387 e. The van der Waals surface area contributed by atoms with Gasteiger partial charge in [-0.1, -0.05) is 24.3 Å². The van der Waals surface area contributed by atoms with Crippen molar-refractivity contribution in [2.24, 2.45) is 0 Å². The monoisotopic (exact) mass is 276 g/mol. The Labute approximate surface area is 116 Å². The van der Waals surface area contributed by atoms with Crippen LogP contribution in [-0.2, 0) is 13.0 Å². The molecule has 1 atom stereocenters. The van der Waals surface area contributed by atoms with Crippen LogP contribution in [-0.4, -0.2) is 25.0 Å². The Balaban J connectivity index is 1.94. The SMILES string of the molecule is CCC(O)c1cn(CCc2ccc([N+](=O)[O-])cc2)nn1. The summed E-state index contributed by atoms with van der Waals surface area (Å²) in [6.45, 7) is 2.49. The highest BCUT2D eigenvalue weighted by atomic mass is 16.6. The van der Waals surface area contributed by atoms with Crippen molar-refractivity contribution < 1.29 is 10.0 Å².